The number of methoxy groups -OCH3 is 1. The maximum absolute atomic E-state index is 10.2. The standard InChI is InChI=1S/C20H27N3O3/c1-25-17-9-7-15(8-10-17)19-21-20(26-22-19)18-11-16(24)13-23(18)12-14-5-3-2-4-6-14/h7-10,14,16,18,24H,2-6,11-13H2,1H3/t16-,18+/m1/s1. The van der Waals surface area contributed by atoms with Crippen LogP contribution in [0, 0.1) is 5.92 Å². The first-order chi connectivity index (χ1) is 12.7. The first-order valence-corrected chi connectivity index (χ1v) is 9.63. The van der Waals surface area contributed by atoms with Gasteiger partial charge in [0.2, 0.25) is 11.7 Å². The molecule has 2 aromatic rings. The monoisotopic (exact) mass is 357 g/mol. The fourth-order valence-electron chi connectivity index (χ4n) is 4.27. The molecule has 1 saturated heterocycles. The second-order valence-corrected chi connectivity index (χ2v) is 7.55. The van der Waals surface area contributed by atoms with Crippen LogP contribution in [0.4, 0.5) is 0 Å². The van der Waals surface area contributed by atoms with Gasteiger partial charge >= 0.3 is 0 Å². The van der Waals surface area contributed by atoms with Gasteiger partial charge in [0.15, 0.2) is 0 Å². The quantitative estimate of drug-likeness (QED) is 0.884. The van der Waals surface area contributed by atoms with E-state index in [4.69, 9.17) is 9.26 Å². The second kappa shape index (κ2) is 7.76. The van der Waals surface area contributed by atoms with Gasteiger partial charge in [-0.05, 0) is 49.4 Å². The van der Waals surface area contributed by atoms with Gasteiger partial charge in [-0.3, -0.25) is 4.90 Å². The van der Waals surface area contributed by atoms with E-state index >= 15 is 0 Å². The third kappa shape index (κ3) is 3.76. The van der Waals surface area contributed by atoms with Crippen LogP contribution in [0.2, 0.25) is 0 Å². The molecule has 0 radical (unpaired) electrons. The molecule has 1 aromatic carbocycles. The molecular weight excluding hydrogens is 330 g/mol. The minimum Gasteiger partial charge on any atom is -0.497 e. The summed E-state index contributed by atoms with van der Waals surface area (Å²) in [6.45, 7) is 1.71. The van der Waals surface area contributed by atoms with Crippen molar-refractivity contribution in [2.75, 3.05) is 20.2 Å². The van der Waals surface area contributed by atoms with Crippen molar-refractivity contribution in [3.05, 3.63) is 30.2 Å². The molecule has 6 heteroatoms. The predicted molar refractivity (Wildman–Crippen MR) is 97.8 cm³/mol. The van der Waals surface area contributed by atoms with Crippen molar-refractivity contribution < 1.29 is 14.4 Å². The molecule has 2 atom stereocenters. The summed E-state index contributed by atoms with van der Waals surface area (Å²) in [4.78, 5) is 6.96. The number of aliphatic hydroxyl groups excluding tert-OH is 1. The molecule has 4 rings (SSSR count). The number of aliphatic hydroxyl groups is 1. The fourth-order valence-corrected chi connectivity index (χ4v) is 4.27. The number of rotatable bonds is 5. The molecular formula is C20H27N3O3. The van der Waals surface area contributed by atoms with Gasteiger partial charge in [-0.1, -0.05) is 24.4 Å². The maximum Gasteiger partial charge on any atom is 0.244 e. The number of likely N-dealkylation sites (tertiary alicyclic amines) is 1. The van der Waals surface area contributed by atoms with Gasteiger partial charge in [-0.15, -0.1) is 0 Å². The van der Waals surface area contributed by atoms with Gasteiger partial charge in [0.1, 0.15) is 5.75 Å². The Bertz CT molecular complexity index is 709. The maximum atomic E-state index is 10.2. The number of nitrogens with zero attached hydrogens (tertiary/aromatic N) is 3. The van der Waals surface area contributed by atoms with Crippen molar-refractivity contribution in [2.24, 2.45) is 5.92 Å². The minimum absolute atomic E-state index is 0.0198. The van der Waals surface area contributed by atoms with E-state index in [9.17, 15) is 5.11 Å². The molecule has 1 aliphatic heterocycles. The molecule has 26 heavy (non-hydrogen) atoms. The van der Waals surface area contributed by atoms with Crippen LogP contribution in [0.25, 0.3) is 11.4 Å². The molecule has 2 aliphatic rings. The van der Waals surface area contributed by atoms with Crippen molar-refractivity contribution in [1.82, 2.24) is 15.0 Å². The topological polar surface area (TPSA) is 71.6 Å². The van der Waals surface area contributed by atoms with Gasteiger partial charge in [-0.25, -0.2) is 0 Å². The number of benzene rings is 1. The van der Waals surface area contributed by atoms with Crippen LogP contribution in [-0.2, 0) is 0 Å². The Morgan fingerprint density at radius 1 is 1.19 bits per heavy atom. The van der Waals surface area contributed by atoms with E-state index in [0.29, 0.717) is 24.7 Å². The van der Waals surface area contributed by atoms with Gasteiger partial charge in [0, 0.05) is 18.7 Å². The highest BCUT2D eigenvalue weighted by Crippen LogP contribution is 2.35. The molecule has 1 aromatic heterocycles. The summed E-state index contributed by atoms with van der Waals surface area (Å²) in [5.74, 6) is 2.72. The van der Waals surface area contributed by atoms with E-state index < -0.39 is 0 Å². The summed E-state index contributed by atoms with van der Waals surface area (Å²) in [5, 5.41) is 14.4. The zero-order valence-electron chi connectivity index (χ0n) is 15.3. The third-order valence-electron chi connectivity index (χ3n) is 5.67. The van der Waals surface area contributed by atoms with E-state index in [1.165, 1.54) is 32.1 Å². The van der Waals surface area contributed by atoms with Gasteiger partial charge in [0.05, 0.1) is 19.3 Å². The van der Waals surface area contributed by atoms with E-state index in [0.717, 1.165) is 23.8 Å². The highest BCUT2D eigenvalue weighted by Gasteiger charge is 2.37. The third-order valence-corrected chi connectivity index (χ3v) is 5.67. The number of β-amino-alcohol motifs (C(OH)–C–C–N with tert-alkyl or cyclic N) is 1. The molecule has 1 saturated carbocycles. The highest BCUT2D eigenvalue weighted by molar-refractivity contribution is 5.55. The summed E-state index contributed by atoms with van der Waals surface area (Å²) >= 11 is 0. The number of hydrogen-bond acceptors (Lipinski definition) is 6. The minimum atomic E-state index is -0.320. The fraction of sp³-hybridized carbons (Fsp3) is 0.600. The van der Waals surface area contributed by atoms with Crippen molar-refractivity contribution in [2.45, 2.75) is 50.7 Å². The van der Waals surface area contributed by atoms with Crippen LogP contribution < -0.4 is 4.74 Å². The van der Waals surface area contributed by atoms with Crippen LogP contribution >= 0.6 is 0 Å². The number of ether oxygens (including phenoxy) is 1. The number of hydrogen-bond donors (Lipinski definition) is 1. The van der Waals surface area contributed by atoms with E-state index in [1.54, 1.807) is 7.11 Å². The highest BCUT2D eigenvalue weighted by atomic mass is 16.5. The molecule has 2 fully saturated rings. The Morgan fingerprint density at radius 3 is 2.69 bits per heavy atom. The van der Waals surface area contributed by atoms with Crippen molar-refractivity contribution in [1.29, 1.82) is 0 Å². The number of aromatic nitrogens is 2. The van der Waals surface area contributed by atoms with Gasteiger partial charge in [0.25, 0.3) is 0 Å². The van der Waals surface area contributed by atoms with Crippen LogP contribution in [0.15, 0.2) is 28.8 Å². The molecule has 0 unspecified atom stereocenters. The Labute approximate surface area is 154 Å². The Hall–Kier alpha value is -1.92. The lowest BCUT2D eigenvalue weighted by molar-refractivity contribution is 0.147. The van der Waals surface area contributed by atoms with Crippen molar-refractivity contribution in [3.8, 4) is 17.1 Å². The van der Waals surface area contributed by atoms with Crippen LogP contribution in [0.3, 0.4) is 0 Å². The smallest absolute Gasteiger partial charge is 0.244 e. The van der Waals surface area contributed by atoms with Gasteiger partial charge in [-0.2, -0.15) is 4.98 Å². The zero-order valence-corrected chi connectivity index (χ0v) is 15.3. The van der Waals surface area contributed by atoms with E-state index in [-0.39, 0.29) is 12.1 Å². The SMILES string of the molecule is COc1ccc(-c2noc([C@@H]3C[C@@H](O)CN3CC3CCCCC3)n2)cc1. The molecule has 0 bridgehead atoms. The lowest BCUT2D eigenvalue weighted by Gasteiger charge is -2.29. The molecule has 0 amide bonds. The van der Waals surface area contributed by atoms with Crippen LogP contribution in [0.1, 0.15) is 50.5 Å². The summed E-state index contributed by atoms with van der Waals surface area (Å²) in [6, 6.07) is 7.65. The summed E-state index contributed by atoms with van der Waals surface area (Å²) < 4.78 is 10.8. The van der Waals surface area contributed by atoms with Crippen molar-refractivity contribution in [3.63, 3.8) is 0 Å². The molecule has 6 nitrogen and oxygen atoms in total. The predicted octanol–water partition coefficient (Wildman–Crippen LogP) is 3.43. The largest absolute Gasteiger partial charge is 0.497 e. The molecule has 2 heterocycles. The van der Waals surface area contributed by atoms with Gasteiger partial charge < -0.3 is 14.4 Å². The van der Waals surface area contributed by atoms with E-state index in [2.05, 4.69) is 15.0 Å². The molecule has 140 valence electrons. The molecule has 1 N–H and O–H groups in total. The van der Waals surface area contributed by atoms with Crippen LogP contribution in [-0.4, -0.2) is 46.5 Å². The average Bonchev–Trinajstić information content (AvgIpc) is 3.29. The Balaban J connectivity index is 1.48. The average molecular weight is 357 g/mol. The normalized spacial score (nSPS) is 24.8. The summed E-state index contributed by atoms with van der Waals surface area (Å²) in [7, 11) is 1.65. The zero-order chi connectivity index (χ0) is 17.9. The lowest BCUT2D eigenvalue weighted by Crippen LogP contribution is -2.31. The first kappa shape index (κ1) is 17.5. The van der Waals surface area contributed by atoms with Crippen LogP contribution in [0.5, 0.6) is 5.75 Å². The first-order valence-electron chi connectivity index (χ1n) is 9.63. The second-order valence-electron chi connectivity index (χ2n) is 7.55. The summed E-state index contributed by atoms with van der Waals surface area (Å²) in [6.07, 6.45) is 6.94. The lowest BCUT2D eigenvalue weighted by atomic mass is 9.89. The molecule has 0 spiro atoms. The summed E-state index contributed by atoms with van der Waals surface area (Å²) in [5.41, 5.74) is 0.901. The van der Waals surface area contributed by atoms with E-state index in [1.807, 2.05) is 24.3 Å². The Kier molecular flexibility index (Phi) is 5.22. The van der Waals surface area contributed by atoms with Crippen molar-refractivity contribution >= 4 is 0 Å². The molecule has 1 aliphatic carbocycles. The Morgan fingerprint density at radius 2 is 1.96 bits per heavy atom.